The minimum atomic E-state index is 1.04. The second kappa shape index (κ2) is 15.8. The molecular formula is C13H32N4. The van der Waals surface area contributed by atoms with Gasteiger partial charge in [0.15, 0.2) is 0 Å². The first-order chi connectivity index (χ1) is 8.41. The standard InChI is InChI=1S/C13H32N4/c1-3-4-5-6-7-15-10-11-17-13-12-16-9-8-14-2/h14-17H,3-13H2,1-2H3. The van der Waals surface area contributed by atoms with Crippen LogP contribution in [0.4, 0.5) is 0 Å². The van der Waals surface area contributed by atoms with Gasteiger partial charge in [-0.1, -0.05) is 26.2 Å². The third kappa shape index (κ3) is 15.8. The lowest BCUT2D eigenvalue weighted by molar-refractivity contribution is 0.558. The predicted octanol–water partition coefficient (Wildman–Crippen LogP) is 0.555. The minimum Gasteiger partial charge on any atom is -0.318 e. The highest BCUT2D eigenvalue weighted by atomic mass is 15.0. The summed E-state index contributed by atoms with van der Waals surface area (Å²) < 4.78 is 0. The molecule has 4 nitrogen and oxygen atoms in total. The van der Waals surface area contributed by atoms with Gasteiger partial charge >= 0.3 is 0 Å². The van der Waals surface area contributed by atoms with Crippen molar-refractivity contribution in [2.45, 2.75) is 32.6 Å². The number of unbranched alkanes of at least 4 members (excludes halogenated alkanes) is 3. The average molecular weight is 244 g/mol. The maximum atomic E-state index is 3.46. The van der Waals surface area contributed by atoms with Gasteiger partial charge in [-0.3, -0.25) is 0 Å². The molecule has 0 amide bonds. The van der Waals surface area contributed by atoms with E-state index in [1.807, 2.05) is 7.05 Å². The maximum absolute atomic E-state index is 3.46. The molecule has 4 N–H and O–H groups in total. The van der Waals surface area contributed by atoms with E-state index in [0.29, 0.717) is 0 Å². The first-order valence-corrected chi connectivity index (χ1v) is 7.18. The van der Waals surface area contributed by atoms with Crippen LogP contribution in [-0.2, 0) is 0 Å². The third-order valence-corrected chi connectivity index (χ3v) is 2.72. The summed E-state index contributed by atoms with van der Waals surface area (Å²) in [6.07, 6.45) is 5.38. The van der Waals surface area contributed by atoms with Gasteiger partial charge in [0, 0.05) is 39.3 Å². The quantitative estimate of drug-likeness (QED) is 0.337. The molecule has 104 valence electrons. The molecule has 0 bridgehead atoms. The van der Waals surface area contributed by atoms with E-state index in [1.165, 1.54) is 32.2 Å². The van der Waals surface area contributed by atoms with E-state index in [-0.39, 0.29) is 0 Å². The highest BCUT2D eigenvalue weighted by molar-refractivity contribution is 4.55. The van der Waals surface area contributed by atoms with Gasteiger partial charge < -0.3 is 21.3 Å². The number of rotatable bonds is 14. The van der Waals surface area contributed by atoms with Crippen molar-refractivity contribution in [3.63, 3.8) is 0 Å². The molecule has 0 atom stereocenters. The summed E-state index contributed by atoms with van der Waals surface area (Å²) in [5.41, 5.74) is 0. The Kier molecular flexibility index (Phi) is 15.7. The van der Waals surface area contributed by atoms with E-state index in [4.69, 9.17) is 0 Å². The molecule has 0 saturated heterocycles. The Labute approximate surface area is 107 Å². The van der Waals surface area contributed by atoms with Crippen molar-refractivity contribution in [2.24, 2.45) is 0 Å². The Morgan fingerprint density at radius 2 is 1.12 bits per heavy atom. The first-order valence-electron chi connectivity index (χ1n) is 7.18. The van der Waals surface area contributed by atoms with Crippen LogP contribution in [0.15, 0.2) is 0 Å². The van der Waals surface area contributed by atoms with Gasteiger partial charge in [-0.15, -0.1) is 0 Å². The maximum Gasteiger partial charge on any atom is 0.00772 e. The number of hydrogen-bond donors (Lipinski definition) is 4. The highest BCUT2D eigenvalue weighted by Gasteiger charge is 1.90. The van der Waals surface area contributed by atoms with Gasteiger partial charge in [0.05, 0.1) is 0 Å². The smallest absolute Gasteiger partial charge is 0.00772 e. The lowest BCUT2D eigenvalue weighted by Crippen LogP contribution is -2.34. The molecular weight excluding hydrogens is 212 g/mol. The van der Waals surface area contributed by atoms with E-state index in [1.54, 1.807) is 0 Å². The molecule has 0 spiro atoms. The summed E-state index contributed by atoms with van der Waals surface area (Å²) in [7, 11) is 1.98. The predicted molar refractivity (Wildman–Crippen MR) is 76.7 cm³/mol. The van der Waals surface area contributed by atoms with Crippen LogP contribution in [-0.4, -0.2) is 52.9 Å². The number of nitrogens with one attached hydrogen (secondary N) is 4. The molecule has 0 saturated carbocycles. The molecule has 0 fully saturated rings. The van der Waals surface area contributed by atoms with Crippen molar-refractivity contribution in [2.75, 3.05) is 52.9 Å². The van der Waals surface area contributed by atoms with Crippen LogP contribution in [0.5, 0.6) is 0 Å². The van der Waals surface area contributed by atoms with Crippen LogP contribution >= 0.6 is 0 Å². The van der Waals surface area contributed by atoms with Crippen molar-refractivity contribution >= 4 is 0 Å². The largest absolute Gasteiger partial charge is 0.318 e. The molecule has 0 radical (unpaired) electrons. The van der Waals surface area contributed by atoms with E-state index in [0.717, 1.165) is 39.3 Å². The van der Waals surface area contributed by atoms with Gasteiger partial charge in [0.1, 0.15) is 0 Å². The fourth-order valence-electron chi connectivity index (χ4n) is 1.62. The van der Waals surface area contributed by atoms with Crippen LogP contribution in [0.25, 0.3) is 0 Å². The molecule has 0 aliphatic carbocycles. The number of hydrogen-bond acceptors (Lipinski definition) is 4. The van der Waals surface area contributed by atoms with Gasteiger partial charge in [0.2, 0.25) is 0 Å². The Bertz CT molecular complexity index is 117. The zero-order valence-electron chi connectivity index (χ0n) is 11.8. The van der Waals surface area contributed by atoms with Crippen molar-refractivity contribution in [1.29, 1.82) is 0 Å². The fourth-order valence-corrected chi connectivity index (χ4v) is 1.62. The summed E-state index contributed by atoms with van der Waals surface area (Å²) in [6, 6.07) is 0. The van der Waals surface area contributed by atoms with E-state index in [9.17, 15) is 0 Å². The molecule has 0 aromatic rings. The monoisotopic (exact) mass is 244 g/mol. The molecule has 17 heavy (non-hydrogen) atoms. The SMILES string of the molecule is CCCCCCNCCNCCNCCNC. The summed E-state index contributed by atoms with van der Waals surface area (Å²) in [5.74, 6) is 0. The first kappa shape index (κ1) is 16.8. The minimum absolute atomic E-state index is 1.04. The molecule has 0 heterocycles. The molecule has 0 unspecified atom stereocenters. The molecule has 0 rings (SSSR count). The van der Waals surface area contributed by atoms with Crippen LogP contribution in [0.3, 0.4) is 0 Å². The average Bonchev–Trinajstić information content (AvgIpc) is 2.35. The Balaban J connectivity index is 2.85. The van der Waals surface area contributed by atoms with E-state index >= 15 is 0 Å². The van der Waals surface area contributed by atoms with Gasteiger partial charge in [-0.2, -0.15) is 0 Å². The van der Waals surface area contributed by atoms with Gasteiger partial charge in [-0.05, 0) is 20.0 Å². The number of likely N-dealkylation sites (N-methyl/N-ethyl adjacent to an activating group) is 1. The lowest BCUT2D eigenvalue weighted by Gasteiger charge is -2.07. The van der Waals surface area contributed by atoms with Crippen LogP contribution < -0.4 is 21.3 Å². The molecule has 0 aromatic heterocycles. The van der Waals surface area contributed by atoms with Crippen molar-refractivity contribution in [1.82, 2.24) is 21.3 Å². The third-order valence-electron chi connectivity index (χ3n) is 2.72. The summed E-state index contributed by atoms with van der Waals surface area (Å²) >= 11 is 0. The fraction of sp³-hybridized carbons (Fsp3) is 1.00. The Hall–Kier alpha value is -0.160. The van der Waals surface area contributed by atoms with Crippen LogP contribution in [0, 0.1) is 0 Å². The summed E-state index contributed by atoms with van der Waals surface area (Å²) in [6.45, 7) is 9.78. The van der Waals surface area contributed by atoms with Crippen LogP contribution in [0.2, 0.25) is 0 Å². The zero-order chi connectivity index (χ0) is 12.6. The Morgan fingerprint density at radius 1 is 0.588 bits per heavy atom. The lowest BCUT2D eigenvalue weighted by atomic mass is 10.2. The van der Waals surface area contributed by atoms with Crippen LogP contribution in [0.1, 0.15) is 32.6 Å². The second-order valence-corrected chi connectivity index (χ2v) is 4.41. The topological polar surface area (TPSA) is 48.1 Å². The molecule has 0 aliphatic heterocycles. The summed E-state index contributed by atoms with van der Waals surface area (Å²) in [5, 5.41) is 13.4. The normalized spacial score (nSPS) is 10.9. The van der Waals surface area contributed by atoms with Crippen molar-refractivity contribution < 1.29 is 0 Å². The van der Waals surface area contributed by atoms with Gasteiger partial charge in [-0.25, -0.2) is 0 Å². The molecule has 4 heteroatoms. The highest BCUT2D eigenvalue weighted by Crippen LogP contribution is 1.96. The zero-order valence-corrected chi connectivity index (χ0v) is 11.8. The van der Waals surface area contributed by atoms with Crippen molar-refractivity contribution in [3.05, 3.63) is 0 Å². The second-order valence-electron chi connectivity index (χ2n) is 4.41. The molecule has 0 aliphatic rings. The van der Waals surface area contributed by atoms with E-state index in [2.05, 4.69) is 28.2 Å². The summed E-state index contributed by atoms with van der Waals surface area (Å²) in [4.78, 5) is 0. The van der Waals surface area contributed by atoms with Gasteiger partial charge in [0.25, 0.3) is 0 Å². The van der Waals surface area contributed by atoms with Crippen molar-refractivity contribution in [3.8, 4) is 0 Å². The molecule has 0 aromatic carbocycles. The van der Waals surface area contributed by atoms with E-state index < -0.39 is 0 Å². The Morgan fingerprint density at radius 3 is 1.65 bits per heavy atom.